The zero-order chi connectivity index (χ0) is 21.7. The number of halogens is 1. The number of fused-ring (bicyclic) bond motifs is 1. The van der Waals surface area contributed by atoms with Crippen molar-refractivity contribution in [3.8, 4) is 0 Å². The Hall–Kier alpha value is -3.32. The van der Waals surface area contributed by atoms with Gasteiger partial charge in [-0.1, -0.05) is 54.1 Å². The number of carbonyl (C=O) groups is 3. The molecule has 1 N–H and O–H groups in total. The third kappa shape index (κ3) is 4.80. The zero-order valence-electron chi connectivity index (χ0n) is 16.4. The molecule has 3 aromatic rings. The molecule has 1 unspecified atom stereocenters. The molecule has 0 radical (unpaired) electrons. The van der Waals surface area contributed by atoms with E-state index in [-0.39, 0.29) is 12.2 Å². The highest BCUT2D eigenvalue weighted by Crippen LogP contribution is 2.30. The summed E-state index contributed by atoms with van der Waals surface area (Å²) in [4.78, 5) is 36.7. The van der Waals surface area contributed by atoms with Gasteiger partial charge in [0.05, 0.1) is 12.1 Å². The van der Waals surface area contributed by atoms with Crippen molar-refractivity contribution in [3.05, 3.63) is 70.4 Å². The molecule has 0 aliphatic rings. The summed E-state index contributed by atoms with van der Waals surface area (Å²) >= 11 is 6.09. The number of amides is 1. The number of methoxy groups -OCH3 is 1. The first-order chi connectivity index (χ1) is 14.4. The Labute approximate surface area is 177 Å². The van der Waals surface area contributed by atoms with E-state index in [0.29, 0.717) is 21.6 Å². The number of ether oxygens (including phenoxy) is 2. The number of hydrogen-bond donors (Lipinski definition) is 1. The van der Waals surface area contributed by atoms with E-state index in [1.807, 2.05) is 30.3 Å². The van der Waals surface area contributed by atoms with Gasteiger partial charge in [0, 0.05) is 17.4 Å². The normalized spacial score (nSPS) is 11.7. The highest BCUT2D eigenvalue weighted by atomic mass is 35.5. The van der Waals surface area contributed by atoms with Crippen LogP contribution in [-0.2, 0) is 25.5 Å². The molecule has 0 aliphatic heterocycles. The second kappa shape index (κ2) is 9.45. The molecule has 156 valence electrons. The van der Waals surface area contributed by atoms with Gasteiger partial charge < -0.3 is 19.2 Å². The molecule has 0 saturated carbocycles. The lowest BCUT2D eigenvalue weighted by atomic mass is 10.1. The second-order valence-electron chi connectivity index (χ2n) is 6.58. The summed E-state index contributed by atoms with van der Waals surface area (Å²) in [5, 5.41) is 3.59. The molecule has 0 spiro atoms. The van der Waals surface area contributed by atoms with E-state index in [1.165, 1.54) is 7.11 Å². The summed E-state index contributed by atoms with van der Waals surface area (Å²) < 4.78 is 15.3. The molecule has 0 saturated heterocycles. The molecule has 0 aliphatic carbocycles. The molecule has 30 heavy (non-hydrogen) atoms. The molecule has 0 bridgehead atoms. The van der Waals surface area contributed by atoms with Crippen LogP contribution < -0.4 is 5.32 Å². The highest BCUT2D eigenvalue weighted by Gasteiger charge is 2.24. The van der Waals surface area contributed by atoms with Gasteiger partial charge in [-0.25, -0.2) is 9.59 Å². The minimum atomic E-state index is -0.907. The van der Waals surface area contributed by atoms with Gasteiger partial charge in [0.2, 0.25) is 5.76 Å². The number of carbonyl (C=O) groups excluding carboxylic acids is 3. The maximum absolute atomic E-state index is 12.4. The summed E-state index contributed by atoms with van der Waals surface area (Å²) in [5.74, 6) is -2.06. The average molecular weight is 430 g/mol. The van der Waals surface area contributed by atoms with E-state index in [9.17, 15) is 14.4 Å². The highest BCUT2D eigenvalue weighted by molar-refractivity contribution is 6.35. The fraction of sp³-hybridized carbons (Fsp3) is 0.227. The van der Waals surface area contributed by atoms with Gasteiger partial charge in [-0.3, -0.25) is 4.79 Å². The van der Waals surface area contributed by atoms with Gasteiger partial charge in [0.25, 0.3) is 5.91 Å². The smallest absolute Gasteiger partial charge is 0.375 e. The molecule has 1 amide bonds. The largest absolute Gasteiger partial charge is 0.467 e. The summed E-state index contributed by atoms with van der Waals surface area (Å²) in [6, 6.07) is 13.4. The lowest BCUT2D eigenvalue weighted by Crippen LogP contribution is -2.44. The van der Waals surface area contributed by atoms with Gasteiger partial charge in [-0.15, -0.1) is 0 Å². The van der Waals surface area contributed by atoms with E-state index in [4.69, 9.17) is 25.5 Å². The lowest BCUT2D eigenvalue weighted by molar-refractivity contribution is -0.145. The Morgan fingerprint density at radius 3 is 2.50 bits per heavy atom. The van der Waals surface area contributed by atoms with Crippen LogP contribution in [0.3, 0.4) is 0 Å². The quantitative estimate of drug-likeness (QED) is 0.578. The molecule has 2 aromatic carbocycles. The number of para-hydroxylation sites is 1. The predicted molar refractivity (Wildman–Crippen MR) is 110 cm³/mol. The van der Waals surface area contributed by atoms with Crippen molar-refractivity contribution in [2.75, 3.05) is 13.7 Å². The fourth-order valence-electron chi connectivity index (χ4n) is 3.02. The van der Waals surface area contributed by atoms with Crippen molar-refractivity contribution in [2.45, 2.75) is 19.4 Å². The van der Waals surface area contributed by atoms with E-state index >= 15 is 0 Å². The number of nitrogens with one attached hydrogen (secondary N) is 1. The van der Waals surface area contributed by atoms with Crippen molar-refractivity contribution in [1.82, 2.24) is 5.32 Å². The predicted octanol–water partition coefficient (Wildman–Crippen LogP) is 3.45. The topological polar surface area (TPSA) is 94.8 Å². The number of aryl methyl sites for hydroxylation is 1. The van der Waals surface area contributed by atoms with Crippen LogP contribution >= 0.6 is 11.6 Å². The van der Waals surface area contributed by atoms with Crippen LogP contribution in [0.15, 0.2) is 52.9 Å². The van der Waals surface area contributed by atoms with Crippen LogP contribution in [0, 0.1) is 6.92 Å². The maximum Gasteiger partial charge on any atom is 0.375 e. The molecular weight excluding hydrogens is 410 g/mol. The molecule has 1 aromatic heterocycles. The fourth-order valence-corrected chi connectivity index (χ4v) is 3.23. The Morgan fingerprint density at radius 2 is 1.83 bits per heavy atom. The Kier molecular flexibility index (Phi) is 6.74. The molecule has 1 heterocycles. The minimum Gasteiger partial charge on any atom is -0.467 e. The van der Waals surface area contributed by atoms with Crippen LogP contribution in [-0.4, -0.2) is 37.6 Å². The van der Waals surface area contributed by atoms with Gasteiger partial charge in [0.15, 0.2) is 12.2 Å². The van der Waals surface area contributed by atoms with Crippen molar-refractivity contribution in [2.24, 2.45) is 0 Å². The van der Waals surface area contributed by atoms with Gasteiger partial charge >= 0.3 is 11.9 Å². The first kappa shape index (κ1) is 21.4. The van der Waals surface area contributed by atoms with Crippen molar-refractivity contribution < 1.29 is 28.3 Å². The third-order valence-corrected chi connectivity index (χ3v) is 4.84. The van der Waals surface area contributed by atoms with Crippen LogP contribution in [0.4, 0.5) is 0 Å². The Morgan fingerprint density at radius 1 is 1.10 bits per heavy atom. The first-order valence-electron chi connectivity index (χ1n) is 9.16. The minimum absolute atomic E-state index is 0.0281. The van der Waals surface area contributed by atoms with Crippen LogP contribution in [0.1, 0.15) is 21.7 Å². The average Bonchev–Trinajstić information content (AvgIpc) is 3.10. The summed E-state index contributed by atoms with van der Waals surface area (Å²) in [6.07, 6.45) is 0.244. The van der Waals surface area contributed by atoms with Crippen LogP contribution in [0.25, 0.3) is 11.0 Å². The lowest BCUT2D eigenvalue weighted by Gasteiger charge is -2.16. The number of benzene rings is 2. The van der Waals surface area contributed by atoms with Crippen molar-refractivity contribution in [3.63, 3.8) is 0 Å². The van der Waals surface area contributed by atoms with Crippen LogP contribution in [0.5, 0.6) is 0 Å². The summed E-state index contributed by atoms with van der Waals surface area (Å²) in [6.45, 7) is 1.12. The molecule has 8 heteroatoms. The van der Waals surface area contributed by atoms with E-state index in [2.05, 4.69) is 5.32 Å². The van der Waals surface area contributed by atoms with Gasteiger partial charge in [0.1, 0.15) is 6.04 Å². The number of rotatable bonds is 7. The Bertz CT molecular complexity index is 1080. The summed E-state index contributed by atoms with van der Waals surface area (Å²) in [5.41, 5.74) is 1.79. The van der Waals surface area contributed by atoms with E-state index in [1.54, 1.807) is 25.1 Å². The SMILES string of the molecule is COC(=O)C(Cc1ccccc1)NC(=O)COC(=O)c1oc2c(Cl)cccc2c1C. The molecule has 3 rings (SSSR count). The van der Waals surface area contributed by atoms with E-state index in [0.717, 1.165) is 5.56 Å². The number of furan rings is 1. The van der Waals surface area contributed by atoms with Gasteiger partial charge in [-0.2, -0.15) is 0 Å². The summed E-state index contributed by atoms with van der Waals surface area (Å²) in [7, 11) is 1.24. The Balaban J connectivity index is 1.64. The van der Waals surface area contributed by atoms with E-state index < -0.39 is 30.5 Å². The molecule has 7 nitrogen and oxygen atoms in total. The third-order valence-electron chi connectivity index (χ3n) is 4.54. The van der Waals surface area contributed by atoms with Gasteiger partial charge in [-0.05, 0) is 18.6 Å². The monoisotopic (exact) mass is 429 g/mol. The number of esters is 2. The first-order valence-corrected chi connectivity index (χ1v) is 9.54. The zero-order valence-corrected chi connectivity index (χ0v) is 17.2. The molecular formula is C22H20ClNO6. The standard InChI is InChI=1S/C22H20ClNO6/c1-13-15-9-6-10-16(23)20(15)30-19(13)22(27)29-12-18(25)24-17(21(26)28-2)11-14-7-4-3-5-8-14/h3-10,17H,11-12H2,1-2H3,(H,24,25). The second-order valence-corrected chi connectivity index (χ2v) is 6.99. The number of hydrogen-bond acceptors (Lipinski definition) is 6. The molecule has 0 fully saturated rings. The maximum atomic E-state index is 12.4. The molecule has 1 atom stereocenters. The van der Waals surface area contributed by atoms with Crippen LogP contribution in [0.2, 0.25) is 5.02 Å². The van der Waals surface area contributed by atoms with Crippen molar-refractivity contribution in [1.29, 1.82) is 0 Å². The van der Waals surface area contributed by atoms with Crippen molar-refractivity contribution >= 4 is 40.4 Å².